The minimum atomic E-state index is -0.681. The van der Waals surface area contributed by atoms with Crippen molar-refractivity contribution >= 4 is 29.1 Å². The fourth-order valence-corrected chi connectivity index (χ4v) is 4.03. The Balaban J connectivity index is 1.94. The number of carbonyl (C=O) groups excluding carboxylic acids is 2. The van der Waals surface area contributed by atoms with Crippen molar-refractivity contribution < 1.29 is 19.1 Å². The van der Waals surface area contributed by atoms with E-state index < -0.39 is 17.6 Å². The van der Waals surface area contributed by atoms with Gasteiger partial charge in [0, 0.05) is 18.9 Å². The molecule has 2 aromatic heterocycles. The summed E-state index contributed by atoms with van der Waals surface area (Å²) in [6.07, 6.45) is 10.9. The molecule has 5 N–H and O–H groups in total. The van der Waals surface area contributed by atoms with Gasteiger partial charge in [0.05, 0.1) is 19.5 Å². The maximum Gasteiger partial charge on any atom is 0.323 e. The van der Waals surface area contributed by atoms with Crippen LogP contribution in [0.3, 0.4) is 0 Å². The molecule has 11 heteroatoms. The summed E-state index contributed by atoms with van der Waals surface area (Å²) < 4.78 is 12.7. The second kappa shape index (κ2) is 16.0. The summed E-state index contributed by atoms with van der Waals surface area (Å²) in [7, 11) is 0. The summed E-state index contributed by atoms with van der Waals surface area (Å²) >= 11 is 0. The van der Waals surface area contributed by atoms with Crippen LogP contribution in [0.5, 0.6) is 0 Å². The summed E-state index contributed by atoms with van der Waals surface area (Å²) in [6.45, 7) is 6.69. The van der Waals surface area contributed by atoms with Crippen LogP contribution in [0.25, 0.3) is 11.2 Å². The number of fused-ring (bicyclic) bond motifs is 1. The first-order valence-electron chi connectivity index (χ1n) is 13.5. The number of rotatable bonds is 18. The number of esters is 2. The van der Waals surface area contributed by atoms with E-state index in [2.05, 4.69) is 21.9 Å². The number of aromatic amines is 1. The molecule has 0 fully saturated rings. The van der Waals surface area contributed by atoms with E-state index in [1.54, 1.807) is 4.57 Å². The quantitative estimate of drug-likeness (QED) is 0.197. The average molecular weight is 521 g/mol. The van der Waals surface area contributed by atoms with Gasteiger partial charge in [-0.1, -0.05) is 65.7 Å². The highest BCUT2D eigenvalue weighted by molar-refractivity contribution is 5.75. The van der Waals surface area contributed by atoms with Crippen LogP contribution in [-0.2, 0) is 25.6 Å². The van der Waals surface area contributed by atoms with Crippen LogP contribution in [0.1, 0.15) is 85.0 Å². The van der Waals surface area contributed by atoms with Gasteiger partial charge in [-0.05, 0) is 18.8 Å². The number of anilines is 1. The Morgan fingerprint density at radius 2 is 1.81 bits per heavy atom. The first-order chi connectivity index (χ1) is 17.8. The Bertz CT molecular complexity index is 1040. The number of nitrogens with zero attached hydrogens (tertiary/aromatic N) is 3. The standard InChI is InChI=1S/C26H44N6O5/c1-4-6-7-8-9-10-11-12-20(33)37-16-19(13-14-36-25(35)21(27)18(3)5-2)15-32-17-29-22-23(32)30-26(28)31-24(22)34/h17-19,21H,4-16,27H2,1-3H3,(H3,28,30,31,34)/t18-,19?,21-/m0/s1. The highest BCUT2D eigenvalue weighted by Gasteiger charge is 2.22. The van der Waals surface area contributed by atoms with Crippen LogP contribution in [-0.4, -0.2) is 50.7 Å². The first-order valence-corrected chi connectivity index (χ1v) is 13.5. The van der Waals surface area contributed by atoms with Gasteiger partial charge in [-0.25, -0.2) is 4.98 Å². The molecule has 0 aliphatic heterocycles. The molecule has 208 valence electrons. The largest absolute Gasteiger partial charge is 0.465 e. The molecule has 0 saturated carbocycles. The molecule has 2 aromatic rings. The molecule has 0 aliphatic carbocycles. The van der Waals surface area contributed by atoms with Gasteiger partial charge in [-0.2, -0.15) is 4.98 Å². The number of H-pyrrole nitrogens is 1. The zero-order chi connectivity index (χ0) is 27.2. The van der Waals surface area contributed by atoms with Gasteiger partial charge in [0.25, 0.3) is 5.56 Å². The molecule has 0 radical (unpaired) electrons. The van der Waals surface area contributed by atoms with Gasteiger partial charge in [0.2, 0.25) is 5.95 Å². The third-order valence-electron chi connectivity index (χ3n) is 6.71. The van der Waals surface area contributed by atoms with E-state index in [-0.39, 0.29) is 42.5 Å². The van der Waals surface area contributed by atoms with Crippen molar-refractivity contribution in [2.24, 2.45) is 17.6 Å². The maximum atomic E-state index is 12.3. The number of aromatic nitrogens is 4. The van der Waals surface area contributed by atoms with Crippen LogP contribution in [0.4, 0.5) is 5.95 Å². The number of nitrogen functional groups attached to an aromatic ring is 1. The lowest BCUT2D eigenvalue weighted by Crippen LogP contribution is -2.38. The van der Waals surface area contributed by atoms with Crippen molar-refractivity contribution in [3.63, 3.8) is 0 Å². The molecule has 0 aliphatic rings. The molecular formula is C26H44N6O5. The topological polar surface area (TPSA) is 168 Å². The summed E-state index contributed by atoms with van der Waals surface area (Å²) in [5, 5.41) is 0. The van der Waals surface area contributed by atoms with E-state index in [4.69, 9.17) is 20.9 Å². The molecule has 0 amide bonds. The van der Waals surface area contributed by atoms with Crippen molar-refractivity contribution in [2.75, 3.05) is 18.9 Å². The van der Waals surface area contributed by atoms with Crippen LogP contribution in [0.2, 0.25) is 0 Å². The van der Waals surface area contributed by atoms with Gasteiger partial charge < -0.3 is 25.5 Å². The van der Waals surface area contributed by atoms with E-state index in [0.717, 1.165) is 25.7 Å². The molecule has 0 aromatic carbocycles. The zero-order valence-corrected chi connectivity index (χ0v) is 22.5. The maximum absolute atomic E-state index is 12.3. The second-order valence-electron chi connectivity index (χ2n) is 9.81. The van der Waals surface area contributed by atoms with Crippen LogP contribution >= 0.6 is 0 Å². The summed E-state index contributed by atoms with van der Waals surface area (Å²) in [4.78, 5) is 47.5. The summed E-state index contributed by atoms with van der Waals surface area (Å²) in [5.41, 5.74) is 11.8. The fourth-order valence-electron chi connectivity index (χ4n) is 4.03. The van der Waals surface area contributed by atoms with E-state index in [0.29, 0.717) is 25.0 Å². The Morgan fingerprint density at radius 3 is 2.51 bits per heavy atom. The van der Waals surface area contributed by atoms with E-state index in [9.17, 15) is 14.4 Å². The van der Waals surface area contributed by atoms with Crippen molar-refractivity contribution in [3.8, 4) is 0 Å². The Kier molecular flexibility index (Phi) is 13.1. The van der Waals surface area contributed by atoms with Crippen LogP contribution in [0.15, 0.2) is 11.1 Å². The second-order valence-corrected chi connectivity index (χ2v) is 9.81. The number of hydrogen-bond acceptors (Lipinski definition) is 9. The fraction of sp³-hybridized carbons (Fsp3) is 0.731. The predicted octanol–water partition coefficient (Wildman–Crippen LogP) is 3.31. The SMILES string of the molecule is CCCCCCCCCC(=O)OCC(CCOC(=O)[C@@H](N)[C@@H](C)CC)Cn1cnc2c(=O)[nH]c(N)nc21. The number of carbonyl (C=O) groups is 2. The van der Waals surface area contributed by atoms with Crippen LogP contribution in [0, 0.1) is 11.8 Å². The van der Waals surface area contributed by atoms with Gasteiger partial charge >= 0.3 is 11.9 Å². The third kappa shape index (κ3) is 10.1. The molecule has 3 atom stereocenters. The Labute approximate surface area is 218 Å². The number of nitrogens with two attached hydrogens (primary N) is 2. The molecule has 11 nitrogen and oxygen atoms in total. The Morgan fingerprint density at radius 1 is 1.11 bits per heavy atom. The van der Waals surface area contributed by atoms with Gasteiger partial charge in [-0.15, -0.1) is 0 Å². The summed E-state index contributed by atoms with van der Waals surface area (Å²) in [6, 6.07) is -0.681. The van der Waals surface area contributed by atoms with E-state index in [1.165, 1.54) is 32.0 Å². The van der Waals surface area contributed by atoms with E-state index >= 15 is 0 Å². The molecule has 0 bridgehead atoms. The Hall–Kier alpha value is -2.95. The number of hydrogen-bond donors (Lipinski definition) is 3. The van der Waals surface area contributed by atoms with Crippen molar-refractivity contribution in [1.29, 1.82) is 0 Å². The minimum Gasteiger partial charge on any atom is -0.465 e. The number of nitrogens with one attached hydrogen (secondary N) is 1. The molecule has 1 unspecified atom stereocenters. The summed E-state index contributed by atoms with van der Waals surface area (Å²) in [5.74, 6) is -0.889. The number of imidazole rings is 1. The zero-order valence-electron chi connectivity index (χ0n) is 22.5. The smallest absolute Gasteiger partial charge is 0.323 e. The third-order valence-corrected chi connectivity index (χ3v) is 6.71. The molecule has 0 saturated heterocycles. The van der Waals surface area contributed by atoms with Gasteiger partial charge in [-0.3, -0.25) is 19.4 Å². The first kappa shape index (κ1) is 30.3. The highest BCUT2D eigenvalue weighted by Crippen LogP contribution is 2.15. The van der Waals surface area contributed by atoms with Crippen molar-refractivity contribution in [3.05, 3.63) is 16.7 Å². The lowest BCUT2D eigenvalue weighted by molar-refractivity contribution is -0.149. The van der Waals surface area contributed by atoms with Crippen molar-refractivity contribution in [1.82, 2.24) is 19.5 Å². The lowest BCUT2D eigenvalue weighted by atomic mass is 10.0. The molecule has 37 heavy (non-hydrogen) atoms. The molecular weight excluding hydrogens is 476 g/mol. The minimum absolute atomic E-state index is 0.00937. The van der Waals surface area contributed by atoms with Crippen molar-refractivity contribution in [2.45, 2.75) is 97.6 Å². The highest BCUT2D eigenvalue weighted by atomic mass is 16.5. The number of ether oxygens (including phenoxy) is 2. The average Bonchev–Trinajstić information content (AvgIpc) is 3.28. The normalized spacial score (nSPS) is 13.8. The van der Waals surface area contributed by atoms with Gasteiger partial charge in [0.1, 0.15) is 6.04 Å². The molecule has 2 heterocycles. The number of unbranched alkanes of at least 4 members (excludes halogenated alkanes) is 6. The predicted molar refractivity (Wildman–Crippen MR) is 143 cm³/mol. The lowest BCUT2D eigenvalue weighted by Gasteiger charge is -2.20. The monoisotopic (exact) mass is 520 g/mol. The molecule has 0 spiro atoms. The molecule has 2 rings (SSSR count). The van der Waals surface area contributed by atoms with Gasteiger partial charge in [0.15, 0.2) is 11.2 Å². The van der Waals surface area contributed by atoms with Crippen LogP contribution < -0.4 is 17.0 Å². The van der Waals surface area contributed by atoms with E-state index in [1.807, 2.05) is 13.8 Å².